The zero-order valence-corrected chi connectivity index (χ0v) is 15.4. The van der Waals surface area contributed by atoms with E-state index in [1.807, 2.05) is 24.3 Å². The summed E-state index contributed by atoms with van der Waals surface area (Å²) in [6.45, 7) is 0.767. The summed E-state index contributed by atoms with van der Waals surface area (Å²) in [6, 6.07) is 12.4. The highest BCUT2D eigenvalue weighted by Gasteiger charge is 2.37. The Morgan fingerprint density at radius 1 is 1.04 bits per heavy atom. The van der Waals surface area contributed by atoms with Crippen molar-refractivity contribution < 1.29 is 22.3 Å². The van der Waals surface area contributed by atoms with Crippen molar-refractivity contribution in [2.45, 2.75) is 30.4 Å². The van der Waals surface area contributed by atoms with Crippen molar-refractivity contribution in [1.29, 1.82) is 0 Å². The number of sulfonamides is 1. The minimum absolute atomic E-state index is 0.0522. The highest BCUT2D eigenvalue weighted by molar-refractivity contribution is 7.89. The Morgan fingerprint density at radius 2 is 1.78 bits per heavy atom. The maximum Gasteiger partial charge on any atom is 0.414 e. The topological polar surface area (TPSA) is 66.9 Å². The van der Waals surface area contributed by atoms with Gasteiger partial charge in [-0.25, -0.2) is 17.6 Å². The molecule has 0 atom stereocenters. The average Bonchev–Trinajstić information content (AvgIpc) is 2.68. The number of fused-ring (bicyclic) bond motifs is 1. The van der Waals surface area contributed by atoms with E-state index in [4.69, 9.17) is 4.74 Å². The number of cyclic esters (lactones) is 1. The molecule has 0 N–H and O–H groups in total. The number of rotatable bonds is 3. The minimum atomic E-state index is -3.75. The quantitative estimate of drug-likeness (QED) is 0.808. The molecule has 1 amide bonds. The Balaban J connectivity index is 1.52. The number of para-hydroxylation sites is 1. The molecule has 8 heteroatoms. The molecule has 2 heterocycles. The van der Waals surface area contributed by atoms with Crippen LogP contribution in [0.2, 0.25) is 0 Å². The maximum atomic E-state index is 13.4. The molecule has 0 aromatic heterocycles. The van der Waals surface area contributed by atoms with Gasteiger partial charge >= 0.3 is 6.09 Å². The van der Waals surface area contributed by atoms with E-state index in [0.717, 1.165) is 17.3 Å². The number of hydrogen-bond donors (Lipinski definition) is 0. The van der Waals surface area contributed by atoms with Crippen LogP contribution in [0.15, 0.2) is 53.4 Å². The molecule has 0 radical (unpaired) electrons. The number of nitrogens with zero attached hydrogens (tertiary/aromatic N) is 2. The van der Waals surface area contributed by atoms with Crippen LogP contribution in [0.3, 0.4) is 0 Å². The van der Waals surface area contributed by atoms with Gasteiger partial charge in [-0.15, -0.1) is 0 Å². The van der Waals surface area contributed by atoms with Gasteiger partial charge in [0, 0.05) is 24.7 Å². The number of benzene rings is 2. The number of carbonyl (C=O) groups excluding carboxylic acids is 1. The van der Waals surface area contributed by atoms with E-state index in [0.29, 0.717) is 12.8 Å². The number of halogens is 1. The molecule has 0 bridgehead atoms. The van der Waals surface area contributed by atoms with Crippen molar-refractivity contribution in [1.82, 2.24) is 4.31 Å². The smallest absolute Gasteiger partial charge is 0.414 e. The fourth-order valence-corrected chi connectivity index (χ4v) is 5.14. The van der Waals surface area contributed by atoms with Gasteiger partial charge in [-0.05, 0) is 37.1 Å². The summed E-state index contributed by atoms with van der Waals surface area (Å²) in [5.41, 5.74) is 1.76. The van der Waals surface area contributed by atoms with Crippen molar-refractivity contribution >= 4 is 21.8 Å². The lowest BCUT2D eigenvalue weighted by Gasteiger charge is -2.39. The molecule has 0 spiro atoms. The van der Waals surface area contributed by atoms with E-state index >= 15 is 0 Å². The third-order valence-electron chi connectivity index (χ3n) is 5.02. The van der Waals surface area contributed by atoms with Crippen LogP contribution in [0.1, 0.15) is 18.4 Å². The van der Waals surface area contributed by atoms with Gasteiger partial charge in [-0.1, -0.05) is 24.3 Å². The summed E-state index contributed by atoms with van der Waals surface area (Å²) in [6.07, 6.45) is 0.566. The van der Waals surface area contributed by atoms with Crippen LogP contribution in [0.25, 0.3) is 0 Å². The lowest BCUT2D eigenvalue weighted by atomic mass is 10.0. The van der Waals surface area contributed by atoms with Crippen molar-refractivity contribution in [3.63, 3.8) is 0 Å². The monoisotopic (exact) mass is 390 g/mol. The van der Waals surface area contributed by atoms with Crippen LogP contribution < -0.4 is 4.90 Å². The van der Waals surface area contributed by atoms with Crippen LogP contribution in [0.4, 0.5) is 14.9 Å². The fraction of sp³-hybridized carbons (Fsp3) is 0.316. The Labute approximate surface area is 157 Å². The highest BCUT2D eigenvalue weighted by atomic mass is 32.2. The second-order valence-corrected chi connectivity index (χ2v) is 8.58. The first kappa shape index (κ1) is 17.9. The van der Waals surface area contributed by atoms with E-state index in [2.05, 4.69) is 0 Å². The molecule has 2 aromatic carbocycles. The van der Waals surface area contributed by atoms with E-state index in [9.17, 15) is 17.6 Å². The predicted octanol–water partition coefficient (Wildman–Crippen LogP) is 3.14. The van der Waals surface area contributed by atoms with Gasteiger partial charge < -0.3 is 4.74 Å². The van der Waals surface area contributed by atoms with Gasteiger partial charge in [0.05, 0.1) is 10.6 Å². The zero-order valence-electron chi connectivity index (χ0n) is 14.5. The number of piperidine rings is 1. The summed E-state index contributed by atoms with van der Waals surface area (Å²) in [4.78, 5) is 13.9. The number of anilines is 1. The van der Waals surface area contributed by atoms with Crippen molar-refractivity contribution in [2.24, 2.45) is 0 Å². The Morgan fingerprint density at radius 3 is 2.52 bits per heavy atom. The van der Waals surface area contributed by atoms with E-state index in [1.54, 1.807) is 4.90 Å². The molecule has 2 aliphatic rings. The summed E-state index contributed by atoms with van der Waals surface area (Å²) in [5, 5.41) is 0. The predicted molar refractivity (Wildman–Crippen MR) is 97.3 cm³/mol. The largest absolute Gasteiger partial charge is 0.444 e. The van der Waals surface area contributed by atoms with Crippen LogP contribution in [-0.2, 0) is 21.4 Å². The van der Waals surface area contributed by atoms with Crippen molar-refractivity contribution in [2.75, 3.05) is 18.0 Å². The average molecular weight is 390 g/mol. The first-order valence-corrected chi connectivity index (χ1v) is 10.2. The molecular weight excluding hydrogens is 371 g/mol. The first-order chi connectivity index (χ1) is 13.0. The van der Waals surface area contributed by atoms with Gasteiger partial charge in [0.1, 0.15) is 12.4 Å². The number of amides is 1. The molecule has 0 aliphatic carbocycles. The van der Waals surface area contributed by atoms with Crippen LogP contribution in [0.5, 0.6) is 0 Å². The van der Waals surface area contributed by atoms with Gasteiger partial charge in [0.2, 0.25) is 10.0 Å². The molecule has 27 heavy (non-hydrogen) atoms. The molecule has 142 valence electrons. The summed E-state index contributed by atoms with van der Waals surface area (Å²) in [5.74, 6) is -0.585. The first-order valence-electron chi connectivity index (χ1n) is 8.76. The Kier molecular flexibility index (Phi) is 4.61. The molecule has 0 saturated carbocycles. The molecular formula is C19H19FN2O4S. The Bertz CT molecular complexity index is 971. The molecule has 6 nitrogen and oxygen atoms in total. The molecule has 4 rings (SSSR count). The van der Waals surface area contributed by atoms with Gasteiger partial charge in [0.25, 0.3) is 0 Å². The molecule has 2 aliphatic heterocycles. The standard InChI is InChI=1S/C19H19FN2O4S/c20-15-5-3-6-17(12-15)27(24,25)21-10-8-16(9-11-21)22-18-7-2-1-4-14(18)13-26-19(22)23/h1-7,12,16H,8-11,13H2. The SMILES string of the molecule is O=C1OCc2ccccc2N1C1CCN(S(=O)(=O)c2cccc(F)c2)CC1. The van der Waals surface area contributed by atoms with Crippen LogP contribution >= 0.6 is 0 Å². The number of hydrogen-bond acceptors (Lipinski definition) is 4. The molecule has 2 aromatic rings. The zero-order chi connectivity index (χ0) is 19.0. The lowest BCUT2D eigenvalue weighted by Crippen LogP contribution is -2.50. The Hall–Kier alpha value is -2.45. The van der Waals surface area contributed by atoms with Gasteiger partial charge in [0.15, 0.2) is 0 Å². The number of ether oxygens (including phenoxy) is 1. The molecule has 1 saturated heterocycles. The lowest BCUT2D eigenvalue weighted by molar-refractivity contribution is 0.136. The third kappa shape index (κ3) is 3.30. The van der Waals surface area contributed by atoms with Crippen molar-refractivity contribution in [3.05, 3.63) is 59.9 Å². The van der Waals surface area contributed by atoms with Crippen LogP contribution in [-0.4, -0.2) is 37.9 Å². The fourth-order valence-electron chi connectivity index (χ4n) is 3.64. The second kappa shape index (κ2) is 6.94. The minimum Gasteiger partial charge on any atom is -0.444 e. The normalized spacial score (nSPS) is 18.9. The van der Waals surface area contributed by atoms with Crippen LogP contribution in [0, 0.1) is 5.82 Å². The van der Waals surface area contributed by atoms with Gasteiger partial charge in [-0.3, -0.25) is 4.90 Å². The highest BCUT2D eigenvalue weighted by Crippen LogP contribution is 2.32. The third-order valence-corrected chi connectivity index (χ3v) is 6.92. The molecule has 0 unspecified atom stereocenters. The van der Waals surface area contributed by atoms with Crippen molar-refractivity contribution in [3.8, 4) is 0 Å². The van der Waals surface area contributed by atoms with Gasteiger partial charge in [-0.2, -0.15) is 4.31 Å². The molecule has 1 fully saturated rings. The van der Waals surface area contributed by atoms with E-state index < -0.39 is 21.9 Å². The van der Waals surface area contributed by atoms with E-state index in [1.165, 1.54) is 22.5 Å². The summed E-state index contributed by atoms with van der Waals surface area (Å²) < 4.78 is 45.5. The number of carbonyl (C=O) groups is 1. The summed E-state index contributed by atoms with van der Waals surface area (Å²) >= 11 is 0. The summed E-state index contributed by atoms with van der Waals surface area (Å²) in [7, 11) is -3.75. The maximum absolute atomic E-state index is 13.4. The second-order valence-electron chi connectivity index (χ2n) is 6.65. The van der Waals surface area contributed by atoms with E-state index in [-0.39, 0.29) is 30.6 Å².